The number of hydrogen-bond donors (Lipinski definition) is 0. The molecule has 1 fully saturated rings. The Morgan fingerprint density at radius 1 is 1.21 bits per heavy atom. The Kier molecular flexibility index (Phi) is 2.55. The quantitative estimate of drug-likeness (QED) is 0.600. The highest BCUT2D eigenvalue weighted by atomic mass is 16.6. The summed E-state index contributed by atoms with van der Waals surface area (Å²) in [6.07, 6.45) is -0.183. The van der Waals surface area contributed by atoms with E-state index in [9.17, 15) is 4.79 Å². The van der Waals surface area contributed by atoms with Gasteiger partial charge < -0.3 is 4.74 Å². The summed E-state index contributed by atoms with van der Waals surface area (Å²) >= 11 is 0. The zero-order chi connectivity index (χ0) is 11.1. The molecule has 0 spiro atoms. The van der Waals surface area contributed by atoms with Crippen LogP contribution in [0.1, 0.15) is 41.5 Å². The lowest BCUT2D eigenvalue weighted by Crippen LogP contribution is -2.52. The van der Waals surface area contributed by atoms with Crippen LogP contribution in [-0.4, -0.2) is 29.2 Å². The molecule has 0 aromatic heterocycles. The van der Waals surface area contributed by atoms with E-state index in [0.29, 0.717) is 6.61 Å². The number of ether oxygens (including phenoxy) is 1. The molecule has 0 aliphatic carbocycles. The zero-order valence-electron chi connectivity index (χ0n) is 10.0. The number of carbonyl (C=O) groups is 1. The molecular weight excluding hydrogens is 178 g/mol. The predicted molar refractivity (Wildman–Crippen MR) is 56.2 cm³/mol. The van der Waals surface area contributed by atoms with Crippen LogP contribution in [0.5, 0.6) is 0 Å². The van der Waals surface area contributed by atoms with E-state index in [1.165, 1.54) is 0 Å². The number of hydrogen-bond acceptors (Lipinski definition) is 2. The first kappa shape index (κ1) is 11.3. The summed E-state index contributed by atoms with van der Waals surface area (Å²) in [5, 5.41) is 0. The summed E-state index contributed by atoms with van der Waals surface area (Å²) in [5.74, 6) is 0. The lowest BCUT2D eigenvalue weighted by molar-refractivity contribution is 0.0869. The van der Waals surface area contributed by atoms with Crippen molar-refractivity contribution in [3.05, 3.63) is 0 Å². The molecular formula is C11H21NO2. The van der Waals surface area contributed by atoms with Crippen molar-refractivity contribution in [1.82, 2.24) is 4.90 Å². The van der Waals surface area contributed by atoms with Crippen LogP contribution in [0, 0.1) is 5.41 Å². The average Bonchev–Trinajstić information content (AvgIpc) is 2.27. The van der Waals surface area contributed by atoms with Gasteiger partial charge >= 0.3 is 6.09 Å². The first-order valence-corrected chi connectivity index (χ1v) is 5.10. The van der Waals surface area contributed by atoms with E-state index in [-0.39, 0.29) is 23.1 Å². The molecule has 1 saturated heterocycles. The third-order valence-corrected chi connectivity index (χ3v) is 2.60. The number of cyclic esters (lactones) is 1. The van der Waals surface area contributed by atoms with Gasteiger partial charge in [-0.2, -0.15) is 0 Å². The van der Waals surface area contributed by atoms with E-state index >= 15 is 0 Å². The van der Waals surface area contributed by atoms with Crippen LogP contribution in [0.3, 0.4) is 0 Å². The second-order valence-electron chi connectivity index (χ2n) is 6.00. The van der Waals surface area contributed by atoms with Crippen LogP contribution >= 0.6 is 0 Å². The third-order valence-electron chi connectivity index (χ3n) is 2.60. The molecule has 1 heterocycles. The van der Waals surface area contributed by atoms with E-state index in [1.54, 1.807) is 0 Å². The Labute approximate surface area is 86.4 Å². The molecule has 1 aliphatic heterocycles. The zero-order valence-corrected chi connectivity index (χ0v) is 10.0. The predicted octanol–water partition coefficient (Wildman–Crippen LogP) is 2.65. The smallest absolute Gasteiger partial charge is 0.410 e. The van der Waals surface area contributed by atoms with Gasteiger partial charge in [-0.3, -0.25) is 4.90 Å². The van der Waals surface area contributed by atoms with Gasteiger partial charge in [-0.1, -0.05) is 20.8 Å². The SMILES string of the molecule is CC(C)(C)C1COC(=O)N1C(C)(C)C. The fraction of sp³-hybridized carbons (Fsp3) is 0.909. The van der Waals surface area contributed by atoms with Gasteiger partial charge in [-0.05, 0) is 26.2 Å². The van der Waals surface area contributed by atoms with Crippen molar-refractivity contribution < 1.29 is 9.53 Å². The Balaban J connectivity index is 2.94. The molecule has 1 atom stereocenters. The minimum absolute atomic E-state index is 0.0689. The molecule has 14 heavy (non-hydrogen) atoms. The Morgan fingerprint density at radius 2 is 1.71 bits per heavy atom. The first-order valence-electron chi connectivity index (χ1n) is 5.10. The Hall–Kier alpha value is -0.730. The number of rotatable bonds is 0. The second kappa shape index (κ2) is 3.14. The maximum absolute atomic E-state index is 11.6. The summed E-state index contributed by atoms with van der Waals surface area (Å²) in [6, 6.07) is 0.176. The number of nitrogens with zero attached hydrogens (tertiary/aromatic N) is 1. The fourth-order valence-electron chi connectivity index (χ4n) is 1.80. The molecule has 0 bridgehead atoms. The van der Waals surface area contributed by atoms with Crippen LogP contribution in [0.4, 0.5) is 4.79 Å². The minimum atomic E-state index is -0.183. The molecule has 0 radical (unpaired) electrons. The van der Waals surface area contributed by atoms with Crippen LogP contribution in [0.2, 0.25) is 0 Å². The number of carbonyl (C=O) groups excluding carboxylic acids is 1. The highest BCUT2D eigenvalue weighted by molar-refractivity contribution is 5.71. The summed E-state index contributed by atoms with van der Waals surface area (Å²) in [4.78, 5) is 13.4. The van der Waals surface area contributed by atoms with Crippen molar-refractivity contribution in [2.24, 2.45) is 5.41 Å². The van der Waals surface area contributed by atoms with Crippen molar-refractivity contribution in [2.45, 2.75) is 53.1 Å². The molecule has 0 saturated carbocycles. The van der Waals surface area contributed by atoms with Crippen LogP contribution in [0.25, 0.3) is 0 Å². The molecule has 0 N–H and O–H groups in total. The molecule has 1 aliphatic rings. The van der Waals surface area contributed by atoms with Gasteiger partial charge in [-0.25, -0.2) is 4.79 Å². The van der Waals surface area contributed by atoms with Gasteiger partial charge in [-0.15, -0.1) is 0 Å². The molecule has 3 heteroatoms. The van der Waals surface area contributed by atoms with Crippen LogP contribution < -0.4 is 0 Å². The van der Waals surface area contributed by atoms with Crippen LogP contribution in [-0.2, 0) is 4.74 Å². The lowest BCUT2D eigenvalue weighted by atomic mass is 9.85. The monoisotopic (exact) mass is 199 g/mol. The van der Waals surface area contributed by atoms with Gasteiger partial charge in [0.15, 0.2) is 0 Å². The molecule has 3 nitrogen and oxygen atoms in total. The number of amides is 1. The molecule has 1 rings (SSSR count). The maximum atomic E-state index is 11.6. The van der Waals surface area contributed by atoms with E-state index in [0.717, 1.165) is 0 Å². The highest BCUT2D eigenvalue weighted by Gasteiger charge is 2.45. The largest absolute Gasteiger partial charge is 0.447 e. The fourth-order valence-corrected chi connectivity index (χ4v) is 1.80. The van der Waals surface area contributed by atoms with Gasteiger partial charge in [0.05, 0.1) is 6.04 Å². The van der Waals surface area contributed by atoms with E-state index in [4.69, 9.17) is 4.74 Å². The highest BCUT2D eigenvalue weighted by Crippen LogP contribution is 2.34. The van der Waals surface area contributed by atoms with Gasteiger partial charge in [0, 0.05) is 5.54 Å². The van der Waals surface area contributed by atoms with Crippen LogP contribution in [0.15, 0.2) is 0 Å². The van der Waals surface area contributed by atoms with Crippen molar-refractivity contribution in [3.8, 4) is 0 Å². The molecule has 0 aromatic rings. The van der Waals surface area contributed by atoms with Crippen molar-refractivity contribution in [1.29, 1.82) is 0 Å². The van der Waals surface area contributed by atoms with Gasteiger partial charge in [0.2, 0.25) is 0 Å². The normalized spacial score (nSPS) is 24.0. The second-order valence-corrected chi connectivity index (χ2v) is 6.00. The van der Waals surface area contributed by atoms with Crippen molar-refractivity contribution >= 4 is 6.09 Å². The Bertz CT molecular complexity index is 235. The topological polar surface area (TPSA) is 29.5 Å². The summed E-state index contributed by atoms with van der Waals surface area (Å²) in [7, 11) is 0. The van der Waals surface area contributed by atoms with Gasteiger partial charge in [0.1, 0.15) is 6.61 Å². The molecule has 0 aromatic carbocycles. The third kappa shape index (κ3) is 2.02. The lowest BCUT2D eigenvalue weighted by Gasteiger charge is -2.40. The minimum Gasteiger partial charge on any atom is -0.447 e. The molecule has 1 amide bonds. The summed E-state index contributed by atoms with van der Waals surface area (Å²) in [6.45, 7) is 13.0. The van der Waals surface area contributed by atoms with E-state index in [1.807, 2.05) is 25.7 Å². The summed E-state index contributed by atoms with van der Waals surface area (Å²) in [5.41, 5.74) is -0.0923. The van der Waals surface area contributed by atoms with Crippen molar-refractivity contribution in [2.75, 3.05) is 6.61 Å². The maximum Gasteiger partial charge on any atom is 0.410 e. The summed E-state index contributed by atoms with van der Waals surface area (Å²) < 4.78 is 5.12. The van der Waals surface area contributed by atoms with E-state index < -0.39 is 0 Å². The van der Waals surface area contributed by atoms with E-state index in [2.05, 4.69) is 20.8 Å². The standard InChI is InChI=1S/C11H21NO2/c1-10(2,3)8-7-14-9(13)12(8)11(4,5)6/h8H,7H2,1-6H3. The van der Waals surface area contributed by atoms with Gasteiger partial charge in [0.25, 0.3) is 0 Å². The Morgan fingerprint density at radius 3 is 2.00 bits per heavy atom. The first-order chi connectivity index (χ1) is 6.14. The molecule has 1 unspecified atom stereocenters. The average molecular weight is 199 g/mol. The van der Waals surface area contributed by atoms with Crippen molar-refractivity contribution in [3.63, 3.8) is 0 Å². The molecule has 82 valence electrons.